The molecule has 1 aliphatic heterocycles. The van der Waals surface area contributed by atoms with E-state index in [0.29, 0.717) is 24.5 Å². The van der Waals surface area contributed by atoms with Crippen LogP contribution in [0.5, 0.6) is 0 Å². The molecule has 2 heterocycles. The number of carbonyl (C=O) groups is 1. The number of aromatic nitrogens is 2. The third-order valence-electron chi connectivity index (χ3n) is 4.02. The molecule has 7 nitrogen and oxygen atoms in total. The van der Waals surface area contributed by atoms with Crippen molar-refractivity contribution < 1.29 is 18.7 Å². The molecule has 1 saturated heterocycles. The third-order valence-corrected chi connectivity index (χ3v) is 4.02. The molecule has 26 heavy (non-hydrogen) atoms. The van der Waals surface area contributed by atoms with Crippen molar-refractivity contribution in [1.29, 1.82) is 0 Å². The molecule has 1 aliphatic rings. The van der Waals surface area contributed by atoms with E-state index in [1.165, 1.54) is 30.3 Å². The molecule has 0 saturated carbocycles. The molecule has 0 spiro atoms. The molecule has 1 atom stereocenters. The van der Waals surface area contributed by atoms with Gasteiger partial charge in [0, 0.05) is 19.2 Å². The summed E-state index contributed by atoms with van der Waals surface area (Å²) in [5, 5.41) is 7.20. The lowest BCUT2D eigenvalue weighted by Crippen LogP contribution is -2.27. The molecule has 1 unspecified atom stereocenters. The van der Waals surface area contributed by atoms with Crippen LogP contribution in [0.25, 0.3) is 5.69 Å². The number of carbonyl (C=O) groups excluding carboxylic acids is 1. The van der Waals surface area contributed by atoms with Gasteiger partial charge in [0.05, 0.1) is 24.1 Å². The number of nitrogens with zero attached hydrogens (tertiary/aromatic N) is 2. The molecule has 1 N–H and O–H groups in total. The van der Waals surface area contributed by atoms with E-state index in [0.717, 1.165) is 17.5 Å². The summed E-state index contributed by atoms with van der Waals surface area (Å²) >= 11 is 0. The van der Waals surface area contributed by atoms with Crippen LogP contribution >= 0.6 is 0 Å². The Morgan fingerprint density at radius 1 is 1.42 bits per heavy atom. The Labute approximate surface area is 149 Å². The quantitative estimate of drug-likeness (QED) is 0.794. The minimum absolute atomic E-state index is 0.00577. The van der Waals surface area contributed by atoms with Crippen LogP contribution in [0.4, 0.5) is 10.1 Å². The number of ether oxygens (including phenoxy) is 2. The lowest BCUT2D eigenvalue weighted by molar-refractivity contribution is 0.0518. The second-order valence-corrected chi connectivity index (χ2v) is 5.87. The van der Waals surface area contributed by atoms with E-state index in [9.17, 15) is 14.0 Å². The topological polar surface area (TPSA) is 82.5 Å². The first-order valence-electron chi connectivity index (χ1n) is 8.51. The highest BCUT2D eigenvalue weighted by Gasteiger charge is 2.21. The second-order valence-electron chi connectivity index (χ2n) is 5.87. The monoisotopic (exact) mass is 361 g/mol. The number of anilines is 1. The molecule has 1 aromatic carbocycles. The van der Waals surface area contributed by atoms with Gasteiger partial charge in [0.2, 0.25) is 0 Å². The molecule has 0 amide bonds. The van der Waals surface area contributed by atoms with Gasteiger partial charge in [0.1, 0.15) is 5.82 Å². The van der Waals surface area contributed by atoms with Gasteiger partial charge in [-0.25, -0.2) is 9.18 Å². The minimum Gasteiger partial charge on any atom is -0.461 e. The van der Waals surface area contributed by atoms with Crippen LogP contribution in [0.15, 0.2) is 35.1 Å². The standard InChI is InChI=1S/C18H20FN3O4/c1-2-25-18(24)17-15(20-11-14-4-3-9-26-14)10-16(23)22(21-17)13-7-5-12(19)6-8-13/h5-8,10,14,20H,2-4,9,11H2,1H3. The normalized spacial score (nSPS) is 16.5. The summed E-state index contributed by atoms with van der Waals surface area (Å²) in [5.41, 5.74) is 0.197. The Bertz CT molecular complexity index is 829. The number of esters is 1. The molecule has 8 heteroatoms. The van der Waals surface area contributed by atoms with Crippen molar-refractivity contribution >= 4 is 11.7 Å². The van der Waals surface area contributed by atoms with Crippen LogP contribution < -0.4 is 10.9 Å². The van der Waals surface area contributed by atoms with Crippen molar-refractivity contribution in [3.05, 3.63) is 52.2 Å². The van der Waals surface area contributed by atoms with Gasteiger partial charge in [-0.1, -0.05) is 0 Å². The van der Waals surface area contributed by atoms with Gasteiger partial charge in [0.25, 0.3) is 5.56 Å². The first-order chi connectivity index (χ1) is 12.6. The number of nitrogens with one attached hydrogen (secondary N) is 1. The van der Waals surface area contributed by atoms with E-state index >= 15 is 0 Å². The summed E-state index contributed by atoms with van der Waals surface area (Å²) in [5.74, 6) is -1.07. The minimum atomic E-state index is -0.641. The van der Waals surface area contributed by atoms with Crippen LogP contribution in [0.2, 0.25) is 0 Å². The van der Waals surface area contributed by atoms with Gasteiger partial charge in [-0.3, -0.25) is 4.79 Å². The van der Waals surface area contributed by atoms with Crippen molar-refractivity contribution in [3.8, 4) is 5.69 Å². The van der Waals surface area contributed by atoms with Crippen molar-refractivity contribution in [2.45, 2.75) is 25.9 Å². The van der Waals surface area contributed by atoms with Crippen molar-refractivity contribution in [1.82, 2.24) is 9.78 Å². The van der Waals surface area contributed by atoms with Crippen molar-refractivity contribution in [3.63, 3.8) is 0 Å². The Kier molecular flexibility index (Phi) is 5.62. The average Bonchev–Trinajstić information content (AvgIpc) is 3.14. The average molecular weight is 361 g/mol. The number of hydrogen-bond donors (Lipinski definition) is 1. The smallest absolute Gasteiger partial charge is 0.360 e. The molecule has 1 fully saturated rings. The maximum absolute atomic E-state index is 13.1. The highest BCUT2D eigenvalue weighted by molar-refractivity contribution is 5.93. The number of hydrogen-bond acceptors (Lipinski definition) is 6. The summed E-state index contributed by atoms with van der Waals surface area (Å²) in [7, 11) is 0. The number of halogens is 1. The predicted octanol–water partition coefficient (Wildman–Crippen LogP) is 2.14. The van der Waals surface area contributed by atoms with Gasteiger partial charge < -0.3 is 14.8 Å². The molecule has 3 rings (SSSR count). The van der Waals surface area contributed by atoms with E-state index < -0.39 is 17.3 Å². The summed E-state index contributed by atoms with van der Waals surface area (Å²) in [6.07, 6.45) is 1.94. The van der Waals surface area contributed by atoms with Gasteiger partial charge in [0.15, 0.2) is 5.69 Å². The Morgan fingerprint density at radius 3 is 2.85 bits per heavy atom. The van der Waals surface area contributed by atoms with E-state index in [2.05, 4.69) is 10.4 Å². The third kappa shape index (κ3) is 4.08. The lowest BCUT2D eigenvalue weighted by atomic mass is 10.2. The van der Waals surface area contributed by atoms with Crippen molar-refractivity contribution in [2.24, 2.45) is 0 Å². The van der Waals surface area contributed by atoms with Crippen LogP contribution in [0.1, 0.15) is 30.3 Å². The Balaban J connectivity index is 1.94. The van der Waals surface area contributed by atoms with Gasteiger partial charge in [-0.2, -0.15) is 9.78 Å². The number of rotatable bonds is 6. The van der Waals surface area contributed by atoms with E-state index in [1.807, 2.05) is 0 Å². The highest BCUT2D eigenvalue weighted by Crippen LogP contribution is 2.17. The summed E-state index contributed by atoms with van der Waals surface area (Å²) in [4.78, 5) is 24.7. The first kappa shape index (κ1) is 18.1. The summed E-state index contributed by atoms with van der Waals surface area (Å²) in [6.45, 7) is 3.05. The second kappa shape index (κ2) is 8.09. The van der Waals surface area contributed by atoms with Gasteiger partial charge in [-0.15, -0.1) is 0 Å². The molecule has 0 bridgehead atoms. The summed E-state index contributed by atoms with van der Waals surface area (Å²) in [6, 6.07) is 6.56. The fourth-order valence-corrected chi connectivity index (χ4v) is 2.74. The molecule has 1 aromatic heterocycles. The molecular formula is C18H20FN3O4. The molecule has 0 aliphatic carbocycles. The fourth-order valence-electron chi connectivity index (χ4n) is 2.74. The zero-order valence-corrected chi connectivity index (χ0v) is 14.4. The molecule has 0 radical (unpaired) electrons. The van der Waals surface area contributed by atoms with Gasteiger partial charge >= 0.3 is 5.97 Å². The molecular weight excluding hydrogens is 341 g/mol. The van der Waals surface area contributed by atoms with E-state index in [1.54, 1.807) is 6.92 Å². The van der Waals surface area contributed by atoms with Gasteiger partial charge in [-0.05, 0) is 44.0 Å². The van der Waals surface area contributed by atoms with E-state index in [4.69, 9.17) is 9.47 Å². The highest BCUT2D eigenvalue weighted by atomic mass is 19.1. The zero-order chi connectivity index (χ0) is 18.5. The zero-order valence-electron chi connectivity index (χ0n) is 14.4. The number of benzene rings is 1. The maximum atomic E-state index is 13.1. The maximum Gasteiger partial charge on any atom is 0.360 e. The van der Waals surface area contributed by atoms with Crippen LogP contribution in [-0.4, -0.2) is 41.6 Å². The largest absolute Gasteiger partial charge is 0.461 e. The Hall–Kier alpha value is -2.74. The van der Waals surface area contributed by atoms with Crippen LogP contribution in [0.3, 0.4) is 0 Å². The van der Waals surface area contributed by atoms with E-state index in [-0.39, 0.29) is 18.4 Å². The molecule has 2 aromatic rings. The first-order valence-corrected chi connectivity index (χ1v) is 8.51. The summed E-state index contributed by atoms with van der Waals surface area (Å²) < 4.78 is 24.7. The SMILES string of the molecule is CCOC(=O)c1nn(-c2ccc(F)cc2)c(=O)cc1NCC1CCCO1. The fraction of sp³-hybridized carbons (Fsp3) is 0.389. The van der Waals surface area contributed by atoms with Crippen LogP contribution in [-0.2, 0) is 9.47 Å². The molecule has 138 valence electrons. The predicted molar refractivity (Wildman–Crippen MR) is 93.2 cm³/mol. The lowest BCUT2D eigenvalue weighted by Gasteiger charge is -2.15. The van der Waals surface area contributed by atoms with Crippen molar-refractivity contribution in [2.75, 3.05) is 25.1 Å². The Morgan fingerprint density at radius 2 is 2.19 bits per heavy atom. The van der Waals surface area contributed by atoms with Crippen LogP contribution in [0, 0.1) is 5.82 Å².